The smallest absolute Gasteiger partial charge is 0.0740 e. The molecule has 0 radical (unpaired) electrons. The summed E-state index contributed by atoms with van der Waals surface area (Å²) in [7, 11) is 1.95. The summed E-state index contributed by atoms with van der Waals surface area (Å²) in [5.74, 6) is 2.64. The van der Waals surface area contributed by atoms with E-state index >= 15 is 0 Å². The highest BCUT2D eigenvalue weighted by molar-refractivity contribution is 5.87. The van der Waals surface area contributed by atoms with Crippen LogP contribution in [0, 0.1) is 19.3 Å². The summed E-state index contributed by atoms with van der Waals surface area (Å²) in [4.78, 5) is 0. The van der Waals surface area contributed by atoms with Crippen molar-refractivity contribution >= 4 is 10.9 Å². The molecular weight excluding hydrogens is 162 g/mol. The molecule has 2 heterocycles. The van der Waals surface area contributed by atoms with Crippen LogP contribution in [0.15, 0.2) is 12.4 Å². The number of hydrogen-bond acceptors (Lipinski definition) is 2. The van der Waals surface area contributed by atoms with E-state index in [1.54, 1.807) is 6.20 Å². The fourth-order valence-electron chi connectivity index (χ4n) is 1.51. The van der Waals surface area contributed by atoms with Gasteiger partial charge in [0.15, 0.2) is 0 Å². The van der Waals surface area contributed by atoms with E-state index in [-0.39, 0.29) is 0 Å². The maximum absolute atomic E-state index is 5.39. The highest BCUT2D eigenvalue weighted by Crippen LogP contribution is 2.20. The molecule has 0 spiro atoms. The van der Waals surface area contributed by atoms with Gasteiger partial charge in [0.05, 0.1) is 23.0 Å². The Morgan fingerprint density at radius 1 is 1.54 bits per heavy atom. The van der Waals surface area contributed by atoms with Crippen molar-refractivity contribution < 1.29 is 0 Å². The number of fused-ring (bicyclic) bond motifs is 1. The lowest BCUT2D eigenvalue weighted by molar-refractivity contribution is 0.942. The molecule has 3 heteroatoms. The normalized spacial score (nSPS) is 10.2. The lowest BCUT2D eigenvalue weighted by atomic mass is 10.2. The Kier molecular flexibility index (Phi) is 1.56. The maximum atomic E-state index is 5.39. The van der Waals surface area contributed by atoms with Crippen molar-refractivity contribution in [2.45, 2.75) is 6.92 Å². The number of terminal acetylenes is 1. The van der Waals surface area contributed by atoms with Crippen molar-refractivity contribution in [1.29, 1.82) is 0 Å². The van der Waals surface area contributed by atoms with Crippen LogP contribution in [0.5, 0.6) is 0 Å². The van der Waals surface area contributed by atoms with Crippen LogP contribution in [0.2, 0.25) is 0 Å². The molecule has 0 unspecified atom stereocenters. The van der Waals surface area contributed by atoms with E-state index in [1.807, 2.05) is 24.7 Å². The van der Waals surface area contributed by atoms with Gasteiger partial charge in [-0.2, -0.15) is 10.2 Å². The zero-order valence-corrected chi connectivity index (χ0v) is 7.57. The van der Waals surface area contributed by atoms with Gasteiger partial charge in [-0.15, -0.1) is 6.42 Å². The predicted octanol–water partition coefficient (Wildman–Crippen LogP) is 1.26. The molecule has 0 fully saturated rings. The van der Waals surface area contributed by atoms with E-state index in [4.69, 9.17) is 6.42 Å². The van der Waals surface area contributed by atoms with Gasteiger partial charge in [0, 0.05) is 18.6 Å². The Morgan fingerprint density at radius 2 is 2.31 bits per heavy atom. The fourth-order valence-corrected chi connectivity index (χ4v) is 1.51. The third-order valence-corrected chi connectivity index (χ3v) is 2.13. The number of nitrogens with zero attached hydrogens (tertiary/aromatic N) is 3. The number of aromatic nitrogens is 3. The van der Waals surface area contributed by atoms with Crippen LogP contribution in [0.25, 0.3) is 10.9 Å². The Bertz CT molecular complexity index is 503. The summed E-state index contributed by atoms with van der Waals surface area (Å²) in [6, 6.07) is 0. The van der Waals surface area contributed by atoms with E-state index in [9.17, 15) is 0 Å². The third-order valence-electron chi connectivity index (χ3n) is 2.13. The van der Waals surface area contributed by atoms with Gasteiger partial charge < -0.3 is 4.57 Å². The van der Waals surface area contributed by atoms with E-state index in [1.165, 1.54) is 0 Å². The summed E-state index contributed by atoms with van der Waals surface area (Å²) < 4.78 is 1.96. The molecule has 0 amide bonds. The summed E-state index contributed by atoms with van der Waals surface area (Å²) in [6.45, 7) is 1.91. The quantitative estimate of drug-likeness (QED) is 0.559. The van der Waals surface area contributed by atoms with Crippen LogP contribution in [0.1, 0.15) is 11.3 Å². The SMILES string of the molecule is C#Cc1cn(C)c2cnnc(C)c12. The monoisotopic (exact) mass is 171 g/mol. The number of aryl methyl sites for hydroxylation is 2. The summed E-state index contributed by atoms with van der Waals surface area (Å²) in [5, 5.41) is 8.88. The molecule has 0 bridgehead atoms. The van der Waals surface area contributed by atoms with Crippen LogP contribution >= 0.6 is 0 Å². The molecule has 0 aromatic carbocycles. The van der Waals surface area contributed by atoms with Gasteiger partial charge in [-0.3, -0.25) is 0 Å². The number of rotatable bonds is 0. The van der Waals surface area contributed by atoms with Gasteiger partial charge >= 0.3 is 0 Å². The van der Waals surface area contributed by atoms with Crippen molar-refractivity contribution in [2.24, 2.45) is 7.05 Å². The first kappa shape index (κ1) is 7.81. The molecule has 2 aromatic rings. The van der Waals surface area contributed by atoms with Gasteiger partial charge in [-0.1, -0.05) is 5.92 Å². The fraction of sp³-hybridized carbons (Fsp3) is 0.200. The molecule has 13 heavy (non-hydrogen) atoms. The van der Waals surface area contributed by atoms with E-state index in [0.717, 1.165) is 22.2 Å². The summed E-state index contributed by atoms with van der Waals surface area (Å²) in [5.41, 5.74) is 2.79. The van der Waals surface area contributed by atoms with Crippen LogP contribution in [-0.2, 0) is 7.05 Å². The van der Waals surface area contributed by atoms with Crippen LogP contribution in [0.3, 0.4) is 0 Å². The average Bonchev–Trinajstić information content (AvgIpc) is 2.45. The average molecular weight is 171 g/mol. The lowest BCUT2D eigenvalue weighted by Gasteiger charge is -1.95. The second kappa shape index (κ2) is 2.60. The second-order valence-electron chi connectivity index (χ2n) is 2.99. The van der Waals surface area contributed by atoms with Crippen molar-refractivity contribution in [1.82, 2.24) is 14.8 Å². The van der Waals surface area contributed by atoms with Crippen molar-refractivity contribution in [3.8, 4) is 12.3 Å². The topological polar surface area (TPSA) is 30.7 Å². The van der Waals surface area contributed by atoms with Gasteiger partial charge in [0.25, 0.3) is 0 Å². The molecule has 64 valence electrons. The minimum Gasteiger partial charge on any atom is -0.348 e. The molecule has 0 aliphatic rings. The minimum atomic E-state index is 0.880. The Hall–Kier alpha value is -1.82. The zero-order valence-electron chi connectivity index (χ0n) is 7.57. The first-order chi connectivity index (χ1) is 6.24. The summed E-state index contributed by atoms with van der Waals surface area (Å²) >= 11 is 0. The van der Waals surface area contributed by atoms with Crippen LogP contribution < -0.4 is 0 Å². The lowest BCUT2D eigenvalue weighted by Crippen LogP contribution is -1.89. The zero-order chi connectivity index (χ0) is 9.42. The van der Waals surface area contributed by atoms with E-state index in [2.05, 4.69) is 16.1 Å². The Balaban J connectivity index is 2.99. The molecule has 2 aromatic heterocycles. The first-order valence-corrected chi connectivity index (χ1v) is 3.98. The Labute approximate surface area is 76.4 Å². The molecular formula is C10H9N3. The van der Waals surface area contributed by atoms with E-state index < -0.39 is 0 Å². The standard InChI is InChI=1S/C10H9N3/c1-4-8-6-13(3)9-5-11-12-7(2)10(8)9/h1,5-6H,2-3H3. The van der Waals surface area contributed by atoms with Crippen molar-refractivity contribution in [3.63, 3.8) is 0 Å². The molecule has 0 saturated carbocycles. The largest absolute Gasteiger partial charge is 0.348 e. The molecule has 3 nitrogen and oxygen atoms in total. The van der Waals surface area contributed by atoms with E-state index in [0.29, 0.717) is 0 Å². The first-order valence-electron chi connectivity index (χ1n) is 3.98. The van der Waals surface area contributed by atoms with Crippen LogP contribution in [0.4, 0.5) is 0 Å². The minimum absolute atomic E-state index is 0.880. The third kappa shape index (κ3) is 0.994. The van der Waals surface area contributed by atoms with Gasteiger partial charge in [0.2, 0.25) is 0 Å². The Morgan fingerprint density at radius 3 is 3.00 bits per heavy atom. The van der Waals surface area contributed by atoms with Crippen molar-refractivity contribution in [2.75, 3.05) is 0 Å². The van der Waals surface area contributed by atoms with Crippen molar-refractivity contribution in [3.05, 3.63) is 23.7 Å². The number of hydrogen-bond donors (Lipinski definition) is 0. The highest BCUT2D eigenvalue weighted by atomic mass is 15.1. The molecule has 0 saturated heterocycles. The van der Waals surface area contributed by atoms with Gasteiger partial charge in [0.1, 0.15) is 0 Å². The maximum Gasteiger partial charge on any atom is 0.0740 e. The molecule has 0 atom stereocenters. The van der Waals surface area contributed by atoms with Crippen LogP contribution in [-0.4, -0.2) is 14.8 Å². The molecule has 0 aliphatic carbocycles. The highest BCUT2D eigenvalue weighted by Gasteiger charge is 2.07. The second-order valence-corrected chi connectivity index (χ2v) is 2.99. The molecule has 0 N–H and O–H groups in total. The molecule has 0 aliphatic heterocycles. The molecule has 2 rings (SSSR count). The van der Waals surface area contributed by atoms with Gasteiger partial charge in [-0.05, 0) is 6.92 Å². The summed E-state index contributed by atoms with van der Waals surface area (Å²) in [6.07, 6.45) is 9.03. The predicted molar refractivity (Wildman–Crippen MR) is 51.2 cm³/mol. The van der Waals surface area contributed by atoms with Gasteiger partial charge in [-0.25, -0.2) is 0 Å².